The van der Waals surface area contributed by atoms with Crippen molar-refractivity contribution in [3.63, 3.8) is 0 Å². The second kappa shape index (κ2) is 4.72. The fraction of sp³-hybridized carbons (Fsp3) is 0.917. The van der Waals surface area contributed by atoms with Gasteiger partial charge < -0.3 is 16.4 Å². The van der Waals surface area contributed by atoms with E-state index in [0.29, 0.717) is 6.42 Å². The van der Waals surface area contributed by atoms with Crippen LogP contribution in [0.3, 0.4) is 0 Å². The number of amides is 1. The topological polar surface area (TPSA) is 72.3 Å². The minimum atomic E-state index is -0.900. The summed E-state index contributed by atoms with van der Waals surface area (Å²) in [4.78, 5) is 13.4. The maximum Gasteiger partial charge on any atom is 0.237 e. The quantitative estimate of drug-likeness (QED) is 0.696. The molecule has 0 aromatic rings. The molecule has 0 aromatic heterocycles. The Morgan fingerprint density at radius 3 is 2.50 bits per heavy atom. The Balaban J connectivity index is 2.38. The van der Waals surface area contributed by atoms with Gasteiger partial charge in [0, 0.05) is 12.6 Å². The molecule has 94 valence electrons. The highest BCUT2D eigenvalue weighted by Gasteiger charge is 2.35. The second-order valence-electron chi connectivity index (χ2n) is 5.75. The Morgan fingerprint density at radius 1 is 1.62 bits per heavy atom. The summed E-state index contributed by atoms with van der Waals surface area (Å²) < 4.78 is 0. The largest absolute Gasteiger partial charge is 0.368 e. The van der Waals surface area contributed by atoms with Crippen molar-refractivity contribution in [3.05, 3.63) is 0 Å². The van der Waals surface area contributed by atoms with E-state index in [4.69, 9.17) is 11.5 Å². The zero-order valence-corrected chi connectivity index (χ0v) is 10.9. The van der Waals surface area contributed by atoms with Gasteiger partial charge in [0.15, 0.2) is 0 Å². The lowest BCUT2D eigenvalue weighted by atomic mass is 9.93. The van der Waals surface area contributed by atoms with Gasteiger partial charge in [-0.25, -0.2) is 0 Å². The van der Waals surface area contributed by atoms with Gasteiger partial charge in [0.05, 0.1) is 5.54 Å². The molecule has 1 rings (SSSR count). The average Bonchev–Trinajstić information content (AvgIpc) is 2.80. The van der Waals surface area contributed by atoms with Crippen LogP contribution in [0.25, 0.3) is 0 Å². The van der Waals surface area contributed by atoms with Crippen LogP contribution in [-0.2, 0) is 4.79 Å². The molecule has 4 N–H and O–H groups in total. The van der Waals surface area contributed by atoms with Gasteiger partial charge in [0.25, 0.3) is 0 Å². The Bertz CT molecular complexity index is 265. The van der Waals surface area contributed by atoms with Crippen molar-refractivity contribution in [1.82, 2.24) is 4.90 Å². The predicted molar refractivity (Wildman–Crippen MR) is 65.8 cm³/mol. The van der Waals surface area contributed by atoms with Crippen molar-refractivity contribution in [2.75, 3.05) is 13.6 Å². The van der Waals surface area contributed by atoms with E-state index in [1.54, 1.807) is 6.92 Å². The molecule has 4 unspecified atom stereocenters. The molecule has 4 atom stereocenters. The molecule has 1 aliphatic carbocycles. The van der Waals surface area contributed by atoms with E-state index in [9.17, 15) is 4.79 Å². The monoisotopic (exact) mass is 227 g/mol. The number of carbonyl (C=O) groups is 1. The van der Waals surface area contributed by atoms with Gasteiger partial charge in [-0.2, -0.15) is 0 Å². The molecule has 1 fully saturated rings. The van der Waals surface area contributed by atoms with E-state index >= 15 is 0 Å². The summed E-state index contributed by atoms with van der Waals surface area (Å²) in [5.74, 6) is 1.26. The smallest absolute Gasteiger partial charge is 0.237 e. The molecular weight excluding hydrogens is 202 g/mol. The molecular formula is C12H25N3O. The lowest BCUT2D eigenvalue weighted by Crippen LogP contribution is -2.53. The van der Waals surface area contributed by atoms with E-state index in [1.165, 1.54) is 6.42 Å². The molecule has 0 aliphatic heterocycles. The standard InChI is InChI=1S/C12H25N3O/c1-8-5-10(8)7-15(4)9(2)6-12(3,14)11(13)16/h8-10H,5-7,14H2,1-4H3,(H2,13,16). The van der Waals surface area contributed by atoms with Gasteiger partial charge in [-0.1, -0.05) is 6.92 Å². The first-order chi connectivity index (χ1) is 7.24. The van der Waals surface area contributed by atoms with Crippen LogP contribution in [0.4, 0.5) is 0 Å². The first-order valence-corrected chi connectivity index (χ1v) is 6.03. The summed E-state index contributed by atoms with van der Waals surface area (Å²) in [5, 5.41) is 0. The highest BCUT2D eigenvalue weighted by molar-refractivity contribution is 5.83. The molecule has 0 bridgehead atoms. The molecule has 4 heteroatoms. The van der Waals surface area contributed by atoms with Crippen molar-refractivity contribution in [2.24, 2.45) is 23.3 Å². The molecule has 0 heterocycles. The molecule has 4 nitrogen and oxygen atoms in total. The number of primary amides is 1. The molecule has 0 spiro atoms. The van der Waals surface area contributed by atoms with Gasteiger partial charge in [0.1, 0.15) is 0 Å². The van der Waals surface area contributed by atoms with E-state index in [-0.39, 0.29) is 6.04 Å². The molecule has 16 heavy (non-hydrogen) atoms. The molecule has 0 saturated heterocycles. The number of hydrogen-bond acceptors (Lipinski definition) is 3. The van der Waals surface area contributed by atoms with Crippen LogP contribution in [0.5, 0.6) is 0 Å². The van der Waals surface area contributed by atoms with E-state index < -0.39 is 11.4 Å². The lowest BCUT2D eigenvalue weighted by Gasteiger charge is -2.31. The molecule has 1 aliphatic rings. The van der Waals surface area contributed by atoms with Crippen molar-refractivity contribution in [2.45, 2.75) is 45.2 Å². The third-order valence-electron chi connectivity index (χ3n) is 3.83. The molecule has 0 radical (unpaired) electrons. The molecule has 1 amide bonds. The first kappa shape index (κ1) is 13.5. The Morgan fingerprint density at radius 2 is 2.12 bits per heavy atom. The molecule has 0 aromatic carbocycles. The fourth-order valence-electron chi connectivity index (χ4n) is 2.07. The third kappa shape index (κ3) is 3.46. The number of rotatable bonds is 6. The normalized spacial score (nSPS) is 29.9. The summed E-state index contributed by atoms with van der Waals surface area (Å²) in [6.07, 6.45) is 1.94. The Hall–Kier alpha value is -0.610. The van der Waals surface area contributed by atoms with Crippen LogP contribution < -0.4 is 11.5 Å². The average molecular weight is 227 g/mol. The maximum atomic E-state index is 11.1. The number of carbonyl (C=O) groups excluding carboxylic acids is 1. The zero-order valence-electron chi connectivity index (χ0n) is 10.9. The van der Waals surface area contributed by atoms with Crippen LogP contribution in [0.15, 0.2) is 0 Å². The maximum absolute atomic E-state index is 11.1. The minimum Gasteiger partial charge on any atom is -0.368 e. The lowest BCUT2D eigenvalue weighted by molar-refractivity contribution is -0.123. The van der Waals surface area contributed by atoms with Gasteiger partial charge >= 0.3 is 0 Å². The van der Waals surface area contributed by atoms with E-state index in [1.807, 2.05) is 0 Å². The van der Waals surface area contributed by atoms with Gasteiger partial charge in [-0.3, -0.25) is 4.79 Å². The number of nitrogens with zero attached hydrogens (tertiary/aromatic N) is 1. The van der Waals surface area contributed by atoms with Crippen molar-refractivity contribution >= 4 is 5.91 Å². The fourth-order valence-corrected chi connectivity index (χ4v) is 2.07. The second-order valence-corrected chi connectivity index (χ2v) is 5.75. The zero-order chi connectivity index (χ0) is 12.5. The third-order valence-corrected chi connectivity index (χ3v) is 3.83. The summed E-state index contributed by atoms with van der Waals surface area (Å²) in [7, 11) is 2.09. The highest BCUT2D eigenvalue weighted by Crippen LogP contribution is 2.38. The van der Waals surface area contributed by atoms with Gasteiger partial charge in [-0.05, 0) is 45.6 Å². The van der Waals surface area contributed by atoms with Crippen molar-refractivity contribution < 1.29 is 4.79 Å². The SMILES string of the molecule is CC1CC1CN(C)C(C)CC(C)(N)C(N)=O. The van der Waals surface area contributed by atoms with Crippen LogP contribution in [0.1, 0.15) is 33.6 Å². The summed E-state index contributed by atoms with van der Waals surface area (Å²) in [5.41, 5.74) is 10.2. The van der Waals surface area contributed by atoms with Crippen molar-refractivity contribution in [3.8, 4) is 0 Å². The van der Waals surface area contributed by atoms with Crippen LogP contribution in [0.2, 0.25) is 0 Å². The Kier molecular flexibility index (Phi) is 3.97. The summed E-state index contributed by atoms with van der Waals surface area (Å²) in [6.45, 7) is 7.18. The van der Waals surface area contributed by atoms with Crippen LogP contribution in [-0.4, -0.2) is 36.0 Å². The van der Waals surface area contributed by atoms with E-state index in [2.05, 4.69) is 25.8 Å². The van der Waals surface area contributed by atoms with Gasteiger partial charge in [-0.15, -0.1) is 0 Å². The van der Waals surface area contributed by atoms with Gasteiger partial charge in [0.2, 0.25) is 5.91 Å². The van der Waals surface area contributed by atoms with Crippen LogP contribution in [0, 0.1) is 11.8 Å². The first-order valence-electron chi connectivity index (χ1n) is 6.03. The summed E-state index contributed by atoms with van der Waals surface area (Å²) in [6, 6.07) is 0.287. The van der Waals surface area contributed by atoms with E-state index in [0.717, 1.165) is 18.4 Å². The minimum absolute atomic E-state index is 0.287. The predicted octanol–water partition coefficient (Wildman–Crippen LogP) is 0.556. The molecule has 1 saturated carbocycles. The number of nitrogens with two attached hydrogens (primary N) is 2. The van der Waals surface area contributed by atoms with Crippen molar-refractivity contribution in [1.29, 1.82) is 0 Å². The Labute approximate surface area is 98.3 Å². The van der Waals surface area contributed by atoms with Crippen LogP contribution >= 0.6 is 0 Å². The summed E-state index contributed by atoms with van der Waals surface area (Å²) >= 11 is 0. The highest BCUT2D eigenvalue weighted by atomic mass is 16.1. The number of hydrogen-bond donors (Lipinski definition) is 2.